The Bertz CT molecular complexity index is 1140. The molecule has 0 spiro atoms. The summed E-state index contributed by atoms with van der Waals surface area (Å²) in [5.41, 5.74) is 7.23. The summed E-state index contributed by atoms with van der Waals surface area (Å²) in [7, 11) is 4.13. The van der Waals surface area contributed by atoms with Crippen LogP contribution in [0, 0.1) is 6.92 Å². The zero-order chi connectivity index (χ0) is 25.4. The van der Waals surface area contributed by atoms with Crippen molar-refractivity contribution in [1.29, 1.82) is 0 Å². The number of hydrogen-bond acceptors (Lipinski definition) is 3. The zero-order valence-electron chi connectivity index (χ0n) is 22.3. The number of ether oxygens (including phenoxy) is 2. The van der Waals surface area contributed by atoms with Gasteiger partial charge in [-0.3, -0.25) is 4.99 Å². The van der Waals surface area contributed by atoms with Crippen LogP contribution in [0.3, 0.4) is 0 Å². The molecule has 0 radical (unpaired) electrons. The minimum Gasteiger partial charge on any atom is -0.467 e. The summed E-state index contributed by atoms with van der Waals surface area (Å²) in [6, 6.07) is 23.7. The third-order valence-electron chi connectivity index (χ3n) is 7.01. The number of aryl methyl sites for hydroxylation is 1. The van der Waals surface area contributed by atoms with Crippen LogP contribution in [0.15, 0.2) is 71.7 Å². The molecule has 3 nitrogen and oxygen atoms in total. The molecule has 0 amide bonds. The van der Waals surface area contributed by atoms with Gasteiger partial charge in [0.15, 0.2) is 6.79 Å². The van der Waals surface area contributed by atoms with E-state index in [-0.39, 0.29) is 11.9 Å². The van der Waals surface area contributed by atoms with Crippen molar-refractivity contribution in [2.75, 3.05) is 21.0 Å². The molecule has 3 unspecified atom stereocenters. The second-order valence-corrected chi connectivity index (χ2v) is 11.2. The molecule has 35 heavy (non-hydrogen) atoms. The predicted octanol–water partition coefficient (Wildman–Crippen LogP) is 7.59. The molecule has 0 saturated carbocycles. The summed E-state index contributed by atoms with van der Waals surface area (Å²) < 4.78 is 11.6. The highest BCUT2D eigenvalue weighted by atomic mass is 31.1. The van der Waals surface area contributed by atoms with Crippen LogP contribution in [-0.2, 0) is 9.89 Å². The van der Waals surface area contributed by atoms with Crippen molar-refractivity contribution >= 4 is 19.6 Å². The molecule has 0 aliphatic heterocycles. The molecule has 0 bridgehead atoms. The van der Waals surface area contributed by atoms with Crippen molar-refractivity contribution in [2.45, 2.75) is 58.5 Å². The second-order valence-electron chi connectivity index (χ2n) is 9.33. The first-order valence-corrected chi connectivity index (χ1v) is 13.6. The van der Waals surface area contributed by atoms with Crippen molar-refractivity contribution < 1.29 is 9.47 Å². The fourth-order valence-electron chi connectivity index (χ4n) is 4.53. The van der Waals surface area contributed by atoms with Gasteiger partial charge in [-0.2, -0.15) is 0 Å². The van der Waals surface area contributed by atoms with E-state index in [1.807, 2.05) is 7.05 Å². The van der Waals surface area contributed by atoms with Crippen molar-refractivity contribution in [2.24, 2.45) is 4.99 Å². The number of para-hydroxylation sites is 1. The molecule has 3 aromatic rings. The van der Waals surface area contributed by atoms with Crippen LogP contribution >= 0.6 is 8.58 Å². The number of aliphatic imine (C=N–C) groups is 1. The Labute approximate surface area is 213 Å². The Hall–Kier alpha value is -2.48. The summed E-state index contributed by atoms with van der Waals surface area (Å²) in [6.45, 7) is 11.6. The average molecular weight is 490 g/mol. The Morgan fingerprint density at radius 2 is 1.71 bits per heavy atom. The summed E-state index contributed by atoms with van der Waals surface area (Å²) in [5.74, 6) is 1.40. The van der Waals surface area contributed by atoms with Crippen LogP contribution < -0.4 is 10.0 Å². The van der Waals surface area contributed by atoms with Gasteiger partial charge in [-0.1, -0.05) is 103 Å². The van der Waals surface area contributed by atoms with Crippen LogP contribution in [0.25, 0.3) is 0 Å². The van der Waals surface area contributed by atoms with Gasteiger partial charge in [-0.05, 0) is 42.1 Å². The number of benzene rings is 3. The van der Waals surface area contributed by atoms with E-state index in [0.29, 0.717) is 14.5 Å². The highest BCUT2D eigenvalue weighted by molar-refractivity contribution is 7.49. The van der Waals surface area contributed by atoms with E-state index in [4.69, 9.17) is 14.5 Å². The van der Waals surface area contributed by atoms with E-state index < -0.39 is 0 Å². The lowest BCUT2D eigenvalue weighted by Gasteiger charge is -2.34. The molecule has 0 saturated heterocycles. The van der Waals surface area contributed by atoms with E-state index in [1.165, 1.54) is 27.6 Å². The third-order valence-corrected chi connectivity index (χ3v) is 9.10. The lowest BCUT2D eigenvalue weighted by Crippen LogP contribution is -2.25. The SMILES string of the molecule is CCC(C)c1cccc(C(C)(CC)Pc2c(C)cccc2C(=NC)c2ccccc2)c1OCOC. The minimum absolute atomic E-state index is 0.0943. The Morgan fingerprint density at radius 1 is 1.00 bits per heavy atom. The number of hydrogen-bond donors (Lipinski definition) is 0. The molecule has 0 aliphatic carbocycles. The Kier molecular flexibility index (Phi) is 9.66. The molecular formula is C31H40NO2P. The highest BCUT2D eigenvalue weighted by Crippen LogP contribution is 2.50. The topological polar surface area (TPSA) is 30.8 Å². The van der Waals surface area contributed by atoms with Gasteiger partial charge in [0.25, 0.3) is 0 Å². The van der Waals surface area contributed by atoms with Gasteiger partial charge < -0.3 is 9.47 Å². The van der Waals surface area contributed by atoms with Gasteiger partial charge in [0, 0.05) is 36.0 Å². The maximum atomic E-state index is 6.28. The van der Waals surface area contributed by atoms with E-state index in [9.17, 15) is 0 Å². The van der Waals surface area contributed by atoms with Gasteiger partial charge >= 0.3 is 0 Å². The van der Waals surface area contributed by atoms with Gasteiger partial charge in [0.2, 0.25) is 0 Å². The Balaban J connectivity index is 2.15. The number of methoxy groups -OCH3 is 1. The lowest BCUT2D eigenvalue weighted by molar-refractivity contribution is 0.0491. The van der Waals surface area contributed by atoms with E-state index in [2.05, 4.69) is 101 Å². The first kappa shape index (κ1) is 27.1. The van der Waals surface area contributed by atoms with Crippen molar-refractivity contribution in [3.8, 4) is 5.75 Å². The molecule has 3 atom stereocenters. The van der Waals surface area contributed by atoms with Crippen LogP contribution in [0.1, 0.15) is 74.3 Å². The second kappa shape index (κ2) is 12.5. The zero-order valence-corrected chi connectivity index (χ0v) is 23.3. The summed E-state index contributed by atoms with van der Waals surface area (Å²) in [5, 5.41) is 1.27. The normalized spacial score (nSPS) is 14.8. The summed E-state index contributed by atoms with van der Waals surface area (Å²) in [6.07, 6.45) is 2.06. The molecule has 0 N–H and O–H groups in total. The van der Waals surface area contributed by atoms with Crippen LogP contribution in [-0.4, -0.2) is 26.7 Å². The predicted molar refractivity (Wildman–Crippen MR) is 152 cm³/mol. The summed E-state index contributed by atoms with van der Waals surface area (Å²) in [4.78, 5) is 4.75. The fourth-order valence-corrected chi connectivity index (χ4v) is 6.21. The molecule has 3 aromatic carbocycles. The maximum Gasteiger partial charge on any atom is 0.188 e. The van der Waals surface area contributed by atoms with Gasteiger partial charge in [-0.15, -0.1) is 0 Å². The third kappa shape index (κ3) is 6.02. The Morgan fingerprint density at radius 3 is 2.34 bits per heavy atom. The average Bonchev–Trinajstić information content (AvgIpc) is 2.89. The molecule has 0 fully saturated rings. The van der Waals surface area contributed by atoms with Gasteiger partial charge in [0.1, 0.15) is 5.75 Å². The standard InChI is InChI=1S/C31H40NO2P/c1-8-22(3)25-18-14-20-27(29(25)34-21-33-7)31(5,9-2)35-30-23(4)15-13-19-26(30)28(32-6)24-16-11-10-12-17-24/h10-20,22,35H,8-9,21H2,1-7H3. The lowest BCUT2D eigenvalue weighted by atomic mass is 9.89. The maximum absolute atomic E-state index is 6.28. The van der Waals surface area contributed by atoms with Crippen molar-refractivity contribution in [1.82, 2.24) is 0 Å². The largest absolute Gasteiger partial charge is 0.467 e. The van der Waals surface area contributed by atoms with E-state index in [0.717, 1.165) is 29.9 Å². The summed E-state index contributed by atoms with van der Waals surface area (Å²) >= 11 is 0. The fraction of sp³-hybridized carbons (Fsp3) is 0.387. The molecular weight excluding hydrogens is 449 g/mol. The first-order valence-electron chi connectivity index (χ1n) is 12.6. The molecule has 3 rings (SSSR count). The van der Waals surface area contributed by atoms with Crippen LogP contribution in [0.2, 0.25) is 0 Å². The smallest absolute Gasteiger partial charge is 0.188 e. The van der Waals surface area contributed by atoms with Gasteiger partial charge in [-0.25, -0.2) is 0 Å². The van der Waals surface area contributed by atoms with E-state index in [1.54, 1.807) is 7.11 Å². The number of rotatable bonds is 11. The van der Waals surface area contributed by atoms with Crippen LogP contribution in [0.5, 0.6) is 5.75 Å². The van der Waals surface area contributed by atoms with Crippen molar-refractivity contribution in [3.05, 3.63) is 94.5 Å². The molecule has 4 heteroatoms. The monoisotopic (exact) mass is 489 g/mol. The molecule has 0 aliphatic rings. The molecule has 186 valence electrons. The quantitative estimate of drug-likeness (QED) is 0.158. The van der Waals surface area contributed by atoms with Crippen LogP contribution in [0.4, 0.5) is 0 Å². The number of nitrogens with zero attached hydrogens (tertiary/aromatic N) is 1. The minimum atomic E-state index is -0.0943. The highest BCUT2D eigenvalue weighted by Gasteiger charge is 2.32. The molecule has 0 heterocycles. The van der Waals surface area contributed by atoms with E-state index >= 15 is 0 Å². The molecule has 0 aromatic heterocycles. The van der Waals surface area contributed by atoms with Gasteiger partial charge in [0.05, 0.1) is 5.71 Å². The first-order chi connectivity index (χ1) is 16.9. The van der Waals surface area contributed by atoms with Crippen molar-refractivity contribution in [3.63, 3.8) is 0 Å².